The highest BCUT2D eigenvalue weighted by molar-refractivity contribution is 7.89. The van der Waals surface area contributed by atoms with Gasteiger partial charge in [0.1, 0.15) is 0 Å². The minimum atomic E-state index is -3.22. The molecule has 1 N–H and O–H groups in total. The fourth-order valence-electron chi connectivity index (χ4n) is 2.79. The average molecular weight is 314 g/mol. The summed E-state index contributed by atoms with van der Waals surface area (Å²) in [4.78, 5) is 1.34. The maximum Gasteiger partial charge on any atom is 0.218 e. The molecule has 0 aromatic carbocycles. The summed E-state index contributed by atoms with van der Waals surface area (Å²) in [5.74, 6) is 0. The zero-order valence-electron chi connectivity index (χ0n) is 12.0. The van der Waals surface area contributed by atoms with Crippen molar-refractivity contribution in [3.8, 4) is 0 Å². The van der Waals surface area contributed by atoms with Gasteiger partial charge in [-0.25, -0.2) is 8.42 Å². The van der Waals surface area contributed by atoms with E-state index in [0.29, 0.717) is 19.1 Å². The van der Waals surface area contributed by atoms with Gasteiger partial charge in [-0.3, -0.25) is 0 Å². The molecule has 0 amide bonds. The Morgan fingerprint density at radius 2 is 2.25 bits per heavy atom. The molecule has 0 spiro atoms. The van der Waals surface area contributed by atoms with Crippen LogP contribution in [0.2, 0.25) is 0 Å². The zero-order valence-corrected chi connectivity index (χ0v) is 13.6. The first-order valence-electron chi connectivity index (χ1n) is 7.30. The van der Waals surface area contributed by atoms with E-state index in [4.69, 9.17) is 0 Å². The smallest absolute Gasteiger partial charge is 0.218 e. The van der Waals surface area contributed by atoms with E-state index < -0.39 is 10.0 Å². The third-order valence-electron chi connectivity index (χ3n) is 4.33. The van der Waals surface area contributed by atoms with E-state index in [-0.39, 0.29) is 11.3 Å². The van der Waals surface area contributed by atoms with Crippen LogP contribution in [-0.4, -0.2) is 37.1 Å². The largest absolute Gasteiger partial charge is 0.313 e. The van der Waals surface area contributed by atoms with Crippen molar-refractivity contribution in [2.45, 2.75) is 50.4 Å². The topological polar surface area (TPSA) is 49.4 Å². The van der Waals surface area contributed by atoms with Crippen LogP contribution in [0.3, 0.4) is 0 Å². The molecule has 1 aliphatic heterocycles. The third-order valence-corrected chi connectivity index (χ3v) is 7.66. The molecule has 2 atom stereocenters. The molecule has 6 heteroatoms. The van der Waals surface area contributed by atoms with E-state index >= 15 is 0 Å². The van der Waals surface area contributed by atoms with Crippen molar-refractivity contribution in [2.75, 3.05) is 13.1 Å². The Morgan fingerprint density at radius 3 is 2.95 bits per heavy atom. The van der Waals surface area contributed by atoms with E-state index in [1.54, 1.807) is 15.6 Å². The molecule has 4 nitrogen and oxygen atoms in total. The van der Waals surface area contributed by atoms with Crippen LogP contribution in [0.5, 0.6) is 0 Å². The summed E-state index contributed by atoms with van der Waals surface area (Å²) >= 11 is 1.74. The van der Waals surface area contributed by atoms with E-state index in [0.717, 1.165) is 6.42 Å². The van der Waals surface area contributed by atoms with Crippen LogP contribution in [0.15, 0.2) is 11.4 Å². The summed E-state index contributed by atoms with van der Waals surface area (Å²) in [6, 6.07) is 2.59. The normalized spacial score (nSPS) is 25.4. The Hall–Kier alpha value is -0.430. The van der Waals surface area contributed by atoms with Gasteiger partial charge in [-0.1, -0.05) is 0 Å². The second-order valence-corrected chi connectivity index (χ2v) is 9.18. The fraction of sp³-hybridized carbons (Fsp3) is 0.714. The lowest BCUT2D eigenvalue weighted by Gasteiger charge is -2.34. The van der Waals surface area contributed by atoms with Gasteiger partial charge >= 0.3 is 0 Å². The van der Waals surface area contributed by atoms with Gasteiger partial charge in [0.15, 0.2) is 0 Å². The van der Waals surface area contributed by atoms with Gasteiger partial charge in [-0.2, -0.15) is 4.31 Å². The summed E-state index contributed by atoms with van der Waals surface area (Å²) in [5.41, 5.74) is 1.19. The molecule has 2 aliphatic rings. The third kappa shape index (κ3) is 2.66. The molecule has 112 valence electrons. The van der Waals surface area contributed by atoms with E-state index in [2.05, 4.69) is 16.8 Å². The number of sulfonamides is 1. The molecule has 20 heavy (non-hydrogen) atoms. The van der Waals surface area contributed by atoms with Crippen LogP contribution < -0.4 is 5.32 Å². The molecule has 0 bridgehead atoms. The average Bonchev–Trinajstić information content (AvgIpc) is 3.11. The number of rotatable bonds is 5. The summed E-state index contributed by atoms with van der Waals surface area (Å²) < 4.78 is 27.2. The SMILES string of the molecule is CC1c2ccsc2CCN1S(=O)(=O)C(C)CNC1CC1. The highest BCUT2D eigenvalue weighted by atomic mass is 32.2. The monoisotopic (exact) mass is 314 g/mol. The molecule has 1 fully saturated rings. The zero-order chi connectivity index (χ0) is 14.3. The molecule has 3 rings (SSSR count). The van der Waals surface area contributed by atoms with Crippen molar-refractivity contribution >= 4 is 21.4 Å². The van der Waals surface area contributed by atoms with Crippen LogP contribution in [0.4, 0.5) is 0 Å². The number of hydrogen-bond donors (Lipinski definition) is 1. The van der Waals surface area contributed by atoms with E-state index in [1.807, 2.05) is 13.8 Å². The number of nitrogens with one attached hydrogen (secondary N) is 1. The van der Waals surface area contributed by atoms with Crippen molar-refractivity contribution < 1.29 is 8.42 Å². The molecule has 1 aliphatic carbocycles. The van der Waals surface area contributed by atoms with Crippen molar-refractivity contribution in [2.24, 2.45) is 0 Å². The second kappa shape index (κ2) is 5.40. The van der Waals surface area contributed by atoms with Gasteiger partial charge in [-0.15, -0.1) is 11.3 Å². The van der Waals surface area contributed by atoms with Crippen LogP contribution >= 0.6 is 11.3 Å². The van der Waals surface area contributed by atoms with Crippen LogP contribution in [0.25, 0.3) is 0 Å². The Kier molecular flexibility index (Phi) is 3.92. The second-order valence-electron chi connectivity index (χ2n) is 5.87. The van der Waals surface area contributed by atoms with Crippen LogP contribution in [0, 0.1) is 0 Å². The Balaban J connectivity index is 1.73. The lowest BCUT2D eigenvalue weighted by Crippen LogP contribution is -2.45. The number of fused-ring (bicyclic) bond motifs is 1. The highest BCUT2D eigenvalue weighted by Gasteiger charge is 2.37. The van der Waals surface area contributed by atoms with Gasteiger partial charge in [0, 0.05) is 30.1 Å². The predicted octanol–water partition coefficient (Wildman–Crippen LogP) is 2.14. The lowest BCUT2D eigenvalue weighted by molar-refractivity contribution is 0.324. The first kappa shape index (κ1) is 14.5. The molecular formula is C14H22N2O2S2. The maximum atomic E-state index is 12.7. The van der Waals surface area contributed by atoms with Gasteiger partial charge in [0.2, 0.25) is 10.0 Å². The molecule has 0 saturated heterocycles. The van der Waals surface area contributed by atoms with E-state index in [1.165, 1.54) is 23.3 Å². The molecule has 2 unspecified atom stereocenters. The molecule has 1 aromatic rings. The lowest BCUT2D eigenvalue weighted by atomic mass is 10.0. The van der Waals surface area contributed by atoms with Crippen molar-refractivity contribution in [1.29, 1.82) is 0 Å². The van der Waals surface area contributed by atoms with Gasteiger partial charge in [-0.05, 0) is 50.1 Å². The first-order chi connectivity index (χ1) is 9.50. The van der Waals surface area contributed by atoms with Crippen LogP contribution in [0.1, 0.15) is 43.2 Å². The first-order valence-corrected chi connectivity index (χ1v) is 9.68. The predicted molar refractivity (Wildman–Crippen MR) is 82.6 cm³/mol. The minimum absolute atomic E-state index is 0.0293. The highest BCUT2D eigenvalue weighted by Crippen LogP contribution is 2.35. The maximum absolute atomic E-state index is 12.7. The number of hydrogen-bond acceptors (Lipinski definition) is 4. The van der Waals surface area contributed by atoms with Gasteiger partial charge in [0.25, 0.3) is 0 Å². The summed E-state index contributed by atoms with van der Waals surface area (Å²) in [6.07, 6.45) is 3.22. The summed E-state index contributed by atoms with van der Waals surface area (Å²) in [7, 11) is -3.22. The van der Waals surface area contributed by atoms with E-state index in [9.17, 15) is 8.42 Å². The number of thiophene rings is 1. The Bertz CT molecular complexity index is 578. The van der Waals surface area contributed by atoms with Crippen molar-refractivity contribution in [3.63, 3.8) is 0 Å². The quantitative estimate of drug-likeness (QED) is 0.906. The fourth-order valence-corrected chi connectivity index (χ4v) is 5.42. The Morgan fingerprint density at radius 1 is 1.50 bits per heavy atom. The molecule has 1 saturated carbocycles. The Labute approximate surface area is 125 Å². The van der Waals surface area contributed by atoms with Crippen LogP contribution in [-0.2, 0) is 16.4 Å². The van der Waals surface area contributed by atoms with Crippen molar-refractivity contribution in [1.82, 2.24) is 9.62 Å². The summed E-state index contributed by atoms with van der Waals surface area (Å²) in [6.45, 7) is 5.00. The molecule has 0 radical (unpaired) electrons. The van der Waals surface area contributed by atoms with Crippen molar-refractivity contribution in [3.05, 3.63) is 21.9 Å². The standard InChI is InChI=1S/C14H22N2O2S2/c1-10(9-15-12-3-4-12)20(17,18)16-7-5-14-13(11(16)2)6-8-19-14/h6,8,10-12,15H,3-5,7,9H2,1-2H3. The van der Waals surface area contributed by atoms with Gasteiger partial charge < -0.3 is 5.32 Å². The molecular weight excluding hydrogens is 292 g/mol. The molecule has 2 heterocycles. The molecule has 1 aromatic heterocycles. The number of nitrogens with zero attached hydrogens (tertiary/aromatic N) is 1. The minimum Gasteiger partial charge on any atom is -0.313 e. The summed E-state index contributed by atoms with van der Waals surface area (Å²) in [5, 5.41) is 5.04. The van der Waals surface area contributed by atoms with Gasteiger partial charge in [0.05, 0.1) is 5.25 Å².